The van der Waals surface area contributed by atoms with Crippen LogP contribution in [-0.2, 0) is 6.54 Å². The Morgan fingerprint density at radius 3 is 2.72 bits per heavy atom. The van der Waals surface area contributed by atoms with Gasteiger partial charge in [-0.2, -0.15) is 5.26 Å². The van der Waals surface area contributed by atoms with E-state index in [1.807, 2.05) is 60.9 Å². The van der Waals surface area contributed by atoms with Gasteiger partial charge in [-0.1, -0.05) is 41.4 Å². The number of aromatic nitrogens is 3. The fourth-order valence-corrected chi connectivity index (χ4v) is 3.97. The Morgan fingerprint density at radius 1 is 1.14 bits per heavy atom. The highest BCUT2D eigenvalue weighted by molar-refractivity contribution is 6.43. The molecule has 0 aliphatic heterocycles. The molecule has 2 heterocycles. The molecule has 29 heavy (non-hydrogen) atoms. The summed E-state index contributed by atoms with van der Waals surface area (Å²) < 4.78 is 4.04. The Morgan fingerprint density at radius 2 is 1.93 bits per heavy atom. The fourth-order valence-electron chi connectivity index (χ4n) is 3.59. The van der Waals surface area contributed by atoms with Crippen LogP contribution in [0, 0.1) is 25.2 Å². The zero-order valence-electron chi connectivity index (χ0n) is 16.0. The van der Waals surface area contributed by atoms with Crippen molar-refractivity contribution in [3.63, 3.8) is 0 Å². The predicted octanol–water partition coefficient (Wildman–Crippen LogP) is 6.36. The van der Waals surface area contributed by atoms with E-state index in [9.17, 15) is 5.26 Å². The van der Waals surface area contributed by atoms with E-state index >= 15 is 0 Å². The van der Waals surface area contributed by atoms with E-state index < -0.39 is 0 Å². The number of nitrogens with zero attached hydrogens (tertiary/aromatic N) is 4. The van der Waals surface area contributed by atoms with Crippen LogP contribution in [0.15, 0.2) is 60.4 Å². The molecule has 0 spiro atoms. The Labute approximate surface area is 179 Å². The molecule has 4 rings (SSSR count). The molecule has 0 aliphatic rings. The van der Waals surface area contributed by atoms with Crippen LogP contribution in [0.5, 0.6) is 0 Å². The highest BCUT2D eigenvalue weighted by atomic mass is 35.5. The molecular weight excluding hydrogens is 403 g/mol. The monoisotopic (exact) mass is 420 g/mol. The summed E-state index contributed by atoms with van der Waals surface area (Å²) in [5.41, 5.74) is 6.37. The van der Waals surface area contributed by atoms with Crippen molar-refractivity contribution in [2.75, 3.05) is 0 Å². The van der Waals surface area contributed by atoms with Crippen LogP contribution in [-0.4, -0.2) is 14.1 Å². The summed E-state index contributed by atoms with van der Waals surface area (Å²) in [5.74, 6) is 0. The maximum atomic E-state index is 9.73. The number of hydrogen-bond acceptors (Lipinski definition) is 2. The van der Waals surface area contributed by atoms with Crippen molar-refractivity contribution in [3.8, 4) is 11.8 Å². The average Bonchev–Trinajstić information content (AvgIpc) is 3.24. The van der Waals surface area contributed by atoms with E-state index in [2.05, 4.69) is 21.7 Å². The Balaban J connectivity index is 1.74. The van der Waals surface area contributed by atoms with Crippen molar-refractivity contribution in [1.82, 2.24) is 14.1 Å². The summed E-state index contributed by atoms with van der Waals surface area (Å²) in [6, 6.07) is 17.9. The van der Waals surface area contributed by atoms with E-state index in [0.717, 1.165) is 33.7 Å². The van der Waals surface area contributed by atoms with Gasteiger partial charge in [-0.3, -0.25) is 0 Å². The molecule has 0 N–H and O–H groups in total. The lowest BCUT2D eigenvalue weighted by Gasteiger charge is -2.12. The van der Waals surface area contributed by atoms with Crippen LogP contribution in [0.25, 0.3) is 22.8 Å². The molecule has 144 valence electrons. The molecule has 0 saturated heterocycles. The average molecular weight is 421 g/mol. The van der Waals surface area contributed by atoms with Gasteiger partial charge in [0.15, 0.2) is 0 Å². The summed E-state index contributed by atoms with van der Waals surface area (Å²) in [6.07, 6.45) is 3.69. The second-order valence-corrected chi connectivity index (χ2v) is 7.66. The quantitative estimate of drug-likeness (QED) is 0.360. The third-order valence-electron chi connectivity index (χ3n) is 4.98. The van der Waals surface area contributed by atoms with Gasteiger partial charge in [-0.05, 0) is 55.8 Å². The molecule has 0 unspecified atom stereocenters. The number of para-hydroxylation sites is 2. The Bertz CT molecular complexity index is 1290. The van der Waals surface area contributed by atoms with Crippen molar-refractivity contribution >= 4 is 40.3 Å². The smallest absolute Gasteiger partial charge is 0.0966 e. The van der Waals surface area contributed by atoms with E-state index in [1.54, 1.807) is 12.4 Å². The van der Waals surface area contributed by atoms with Crippen LogP contribution in [0.3, 0.4) is 0 Å². The second-order valence-electron chi connectivity index (χ2n) is 6.88. The lowest BCUT2D eigenvalue weighted by molar-refractivity contribution is 0.830. The topological polar surface area (TPSA) is 46.5 Å². The summed E-state index contributed by atoms with van der Waals surface area (Å²) in [6.45, 7) is 4.48. The summed E-state index contributed by atoms with van der Waals surface area (Å²) >= 11 is 12.6. The SMILES string of the molecule is Cc1cc(/C=C(/C#N)Cn2cnc3ccccc32)c(C)n1-c1cccc(Cl)c1Cl. The normalized spacial score (nSPS) is 11.8. The molecule has 0 amide bonds. The van der Waals surface area contributed by atoms with Crippen molar-refractivity contribution in [2.24, 2.45) is 0 Å². The minimum atomic E-state index is 0.457. The van der Waals surface area contributed by atoms with Crippen molar-refractivity contribution in [1.29, 1.82) is 5.26 Å². The number of nitriles is 1. The molecule has 4 nitrogen and oxygen atoms in total. The summed E-state index contributed by atoms with van der Waals surface area (Å²) in [5, 5.41) is 10.7. The largest absolute Gasteiger partial charge is 0.325 e. The molecule has 0 atom stereocenters. The molecule has 6 heteroatoms. The number of halogens is 2. The zero-order chi connectivity index (χ0) is 20.5. The van der Waals surface area contributed by atoms with Gasteiger partial charge in [0.1, 0.15) is 0 Å². The van der Waals surface area contributed by atoms with E-state index in [1.165, 1.54) is 0 Å². The fraction of sp³-hybridized carbons (Fsp3) is 0.130. The van der Waals surface area contributed by atoms with Gasteiger partial charge in [0.25, 0.3) is 0 Å². The molecule has 2 aromatic heterocycles. The highest BCUT2D eigenvalue weighted by Crippen LogP contribution is 2.32. The molecule has 0 saturated carbocycles. The van der Waals surface area contributed by atoms with Gasteiger partial charge in [0.2, 0.25) is 0 Å². The number of hydrogen-bond donors (Lipinski definition) is 0. The van der Waals surface area contributed by atoms with Gasteiger partial charge in [-0.25, -0.2) is 4.98 Å². The highest BCUT2D eigenvalue weighted by Gasteiger charge is 2.14. The molecule has 0 aliphatic carbocycles. The van der Waals surface area contributed by atoms with Crippen molar-refractivity contribution < 1.29 is 0 Å². The number of benzene rings is 2. The Kier molecular flexibility index (Phi) is 5.19. The molecule has 2 aromatic carbocycles. The minimum Gasteiger partial charge on any atom is -0.325 e. The number of allylic oxidation sites excluding steroid dienone is 1. The lowest BCUT2D eigenvalue weighted by Crippen LogP contribution is -2.01. The lowest BCUT2D eigenvalue weighted by atomic mass is 10.1. The van der Waals surface area contributed by atoms with Gasteiger partial charge in [0, 0.05) is 17.0 Å². The Hall–Kier alpha value is -3.00. The van der Waals surface area contributed by atoms with Gasteiger partial charge >= 0.3 is 0 Å². The number of fused-ring (bicyclic) bond motifs is 1. The van der Waals surface area contributed by atoms with E-state index in [-0.39, 0.29) is 0 Å². The molecule has 0 radical (unpaired) electrons. The third kappa shape index (κ3) is 3.55. The van der Waals surface area contributed by atoms with Crippen molar-refractivity contribution in [3.05, 3.63) is 87.4 Å². The first-order valence-corrected chi connectivity index (χ1v) is 9.89. The number of imidazole rings is 1. The van der Waals surface area contributed by atoms with Crippen LogP contribution in [0.2, 0.25) is 10.0 Å². The predicted molar refractivity (Wildman–Crippen MR) is 119 cm³/mol. The maximum absolute atomic E-state index is 9.73. The first kappa shape index (κ1) is 19.3. The van der Waals surface area contributed by atoms with Gasteiger partial charge < -0.3 is 9.13 Å². The van der Waals surface area contributed by atoms with Crippen LogP contribution >= 0.6 is 23.2 Å². The maximum Gasteiger partial charge on any atom is 0.0966 e. The van der Waals surface area contributed by atoms with Crippen LogP contribution < -0.4 is 0 Å². The first-order valence-electron chi connectivity index (χ1n) is 9.13. The van der Waals surface area contributed by atoms with Crippen LogP contribution in [0.1, 0.15) is 17.0 Å². The second kappa shape index (κ2) is 7.79. The number of aryl methyl sites for hydroxylation is 1. The first-order chi connectivity index (χ1) is 14.0. The molecular formula is C23H18Cl2N4. The number of rotatable bonds is 4. The van der Waals surface area contributed by atoms with Gasteiger partial charge in [-0.15, -0.1) is 0 Å². The van der Waals surface area contributed by atoms with Gasteiger partial charge in [0.05, 0.1) is 45.7 Å². The minimum absolute atomic E-state index is 0.457. The summed E-state index contributed by atoms with van der Waals surface area (Å²) in [7, 11) is 0. The van der Waals surface area contributed by atoms with Crippen molar-refractivity contribution in [2.45, 2.75) is 20.4 Å². The molecule has 0 fully saturated rings. The molecule has 0 bridgehead atoms. The molecule has 4 aromatic rings. The standard InChI is InChI=1S/C23H18Cl2N4/c1-15-10-18(16(2)29(15)22-9-5-6-19(24)23(22)25)11-17(12-26)13-28-14-27-20-7-3-4-8-21(20)28/h3-11,14H,13H2,1-2H3/b17-11-. The van der Waals surface area contributed by atoms with Crippen LogP contribution in [0.4, 0.5) is 0 Å². The van der Waals surface area contributed by atoms with E-state index in [0.29, 0.717) is 22.2 Å². The van der Waals surface area contributed by atoms with E-state index in [4.69, 9.17) is 23.2 Å². The summed E-state index contributed by atoms with van der Waals surface area (Å²) in [4.78, 5) is 4.40. The zero-order valence-corrected chi connectivity index (χ0v) is 17.5. The third-order valence-corrected chi connectivity index (χ3v) is 5.79.